The quantitative estimate of drug-likeness (QED) is 0.676. The molecule has 18 heavy (non-hydrogen) atoms. The van der Waals surface area contributed by atoms with Crippen LogP contribution in [0.5, 0.6) is 0 Å². The number of nitrogens with zero attached hydrogens (tertiary/aromatic N) is 1. The van der Waals surface area contributed by atoms with Gasteiger partial charge in [0.1, 0.15) is 0 Å². The average molecular weight is 256 g/mol. The highest BCUT2D eigenvalue weighted by Gasteiger charge is 2.27. The molecule has 0 bridgehead atoms. The van der Waals surface area contributed by atoms with Gasteiger partial charge in [0.25, 0.3) is 0 Å². The first-order chi connectivity index (χ1) is 8.69. The normalized spacial score (nSPS) is 23.9. The van der Waals surface area contributed by atoms with Gasteiger partial charge in [-0.25, -0.2) is 0 Å². The number of aliphatic hydroxyl groups is 1. The monoisotopic (exact) mass is 256 g/mol. The SMILES string of the molecule is CN(CCCCCO)C(=O)C1CCC(CN)CC1. The van der Waals surface area contributed by atoms with Gasteiger partial charge in [-0.2, -0.15) is 0 Å². The molecule has 1 aliphatic rings. The molecule has 1 aliphatic carbocycles. The Kier molecular flexibility index (Phi) is 7.28. The van der Waals surface area contributed by atoms with Crippen molar-refractivity contribution in [3.8, 4) is 0 Å². The minimum absolute atomic E-state index is 0.218. The Morgan fingerprint density at radius 3 is 2.44 bits per heavy atom. The summed E-state index contributed by atoms with van der Waals surface area (Å²) >= 11 is 0. The predicted molar refractivity (Wildman–Crippen MR) is 73.1 cm³/mol. The first kappa shape index (κ1) is 15.4. The molecule has 0 saturated heterocycles. The highest BCUT2D eigenvalue weighted by molar-refractivity contribution is 5.78. The van der Waals surface area contributed by atoms with Crippen molar-refractivity contribution in [2.24, 2.45) is 17.6 Å². The van der Waals surface area contributed by atoms with Crippen LogP contribution in [0.15, 0.2) is 0 Å². The smallest absolute Gasteiger partial charge is 0.225 e. The van der Waals surface area contributed by atoms with Gasteiger partial charge >= 0.3 is 0 Å². The van der Waals surface area contributed by atoms with E-state index >= 15 is 0 Å². The van der Waals surface area contributed by atoms with Crippen LogP contribution in [-0.4, -0.2) is 42.7 Å². The summed E-state index contributed by atoms with van der Waals surface area (Å²) in [5.41, 5.74) is 5.66. The number of carbonyl (C=O) groups is 1. The second kappa shape index (κ2) is 8.48. The number of unbranched alkanes of at least 4 members (excludes halogenated alkanes) is 2. The number of rotatable bonds is 7. The van der Waals surface area contributed by atoms with Crippen LogP contribution in [0.2, 0.25) is 0 Å². The second-order valence-electron chi connectivity index (χ2n) is 5.50. The number of amides is 1. The Labute approximate surface area is 111 Å². The van der Waals surface area contributed by atoms with Crippen LogP contribution < -0.4 is 5.73 Å². The van der Waals surface area contributed by atoms with Gasteiger partial charge in [-0.15, -0.1) is 0 Å². The van der Waals surface area contributed by atoms with E-state index in [0.717, 1.165) is 58.0 Å². The van der Waals surface area contributed by atoms with Crippen LogP contribution in [0.1, 0.15) is 44.9 Å². The van der Waals surface area contributed by atoms with Crippen LogP contribution in [0.3, 0.4) is 0 Å². The van der Waals surface area contributed by atoms with E-state index in [0.29, 0.717) is 11.8 Å². The lowest BCUT2D eigenvalue weighted by Crippen LogP contribution is -2.36. The third-order valence-electron chi connectivity index (χ3n) is 4.06. The van der Waals surface area contributed by atoms with E-state index in [9.17, 15) is 4.79 Å². The molecule has 0 heterocycles. The third kappa shape index (κ3) is 4.94. The van der Waals surface area contributed by atoms with Crippen molar-refractivity contribution in [3.63, 3.8) is 0 Å². The van der Waals surface area contributed by atoms with E-state index < -0.39 is 0 Å². The molecule has 0 aromatic rings. The topological polar surface area (TPSA) is 66.6 Å². The highest BCUT2D eigenvalue weighted by Crippen LogP contribution is 2.29. The van der Waals surface area contributed by atoms with Gasteiger partial charge in [-0.1, -0.05) is 0 Å². The molecule has 0 aromatic carbocycles. The summed E-state index contributed by atoms with van der Waals surface area (Å²) in [7, 11) is 1.90. The summed E-state index contributed by atoms with van der Waals surface area (Å²) in [5.74, 6) is 1.15. The molecule has 0 aliphatic heterocycles. The first-order valence-electron chi connectivity index (χ1n) is 7.25. The van der Waals surface area contributed by atoms with E-state index in [-0.39, 0.29) is 12.5 Å². The molecule has 3 N–H and O–H groups in total. The molecule has 4 heteroatoms. The summed E-state index contributed by atoms with van der Waals surface area (Å²) in [6.45, 7) is 1.83. The largest absolute Gasteiger partial charge is 0.396 e. The van der Waals surface area contributed by atoms with Gasteiger partial charge in [0, 0.05) is 26.1 Å². The van der Waals surface area contributed by atoms with Crippen LogP contribution in [-0.2, 0) is 4.79 Å². The van der Waals surface area contributed by atoms with E-state index in [1.54, 1.807) is 0 Å². The number of nitrogens with two attached hydrogens (primary N) is 1. The number of hydrogen-bond donors (Lipinski definition) is 2. The van der Waals surface area contributed by atoms with E-state index in [1.165, 1.54) is 0 Å². The fourth-order valence-corrected chi connectivity index (χ4v) is 2.70. The lowest BCUT2D eigenvalue weighted by molar-refractivity contribution is -0.135. The Morgan fingerprint density at radius 1 is 1.22 bits per heavy atom. The molecule has 4 nitrogen and oxygen atoms in total. The van der Waals surface area contributed by atoms with Crippen molar-refractivity contribution in [1.82, 2.24) is 4.90 Å². The molecule has 106 valence electrons. The third-order valence-corrected chi connectivity index (χ3v) is 4.06. The molecule has 0 spiro atoms. The molecule has 1 saturated carbocycles. The molecule has 0 aromatic heterocycles. The minimum atomic E-state index is 0.218. The van der Waals surface area contributed by atoms with E-state index in [4.69, 9.17) is 10.8 Å². The van der Waals surface area contributed by atoms with Gasteiger partial charge < -0.3 is 15.7 Å². The lowest BCUT2D eigenvalue weighted by Gasteiger charge is -2.30. The fraction of sp³-hybridized carbons (Fsp3) is 0.929. The Bertz CT molecular complexity index is 238. The zero-order valence-corrected chi connectivity index (χ0v) is 11.6. The second-order valence-corrected chi connectivity index (χ2v) is 5.50. The lowest BCUT2D eigenvalue weighted by atomic mass is 9.81. The Morgan fingerprint density at radius 2 is 1.89 bits per heavy atom. The molecule has 1 amide bonds. The number of carbonyl (C=O) groups excluding carboxylic acids is 1. The van der Waals surface area contributed by atoms with E-state index in [1.807, 2.05) is 11.9 Å². The summed E-state index contributed by atoms with van der Waals surface area (Å²) in [5, 5.41) is 8.70. The summed E-state index contributed by atoms with van der Waals surface area (Å²) < 4.78 is 0. The highest BCUT2D eigenvalue weighted by atomic mass is 16.2. The standard InChI is InChI=1S/C14H28N2O2/c1-16(9-3-2-4-10-17)14(18)13-7-5-12(11-15)6-8-13/h12-13,17H,2-11,15H2,1H3. The molecular weight excluding hydrogens is 228 g/mol. The van der Waals surface area contributed by atoms with Crippen LogP contribution in [0, 0.1) is 11.8 Å². The maximum atomic E-state index is 12.2. The predicted octanol–water partition coefficient (Wildman–Crippen LogP) is 1.37. The first-order valence-corrected chi connectivity index (χ1v) is 7.25. The van der Waals surface area contributed by atoms with Gasteiger partial charge in [-0.3, -0.25) is 4.79 Å². The molecule has 1 rings (SSSR count). The minimum Gasteiger partial charge on any atom is -0.396 e. The van der Waals surface area contributed by atoms with Crippen LogP contribution in [0.4, 0.5) is 0 Å². The zero-order chi connectivity index (χ0) is 13.4. The zero-order valence-electron chi connectivity index (χ0n) is 11.6. The van der Waals surface area contributed by atoms with Crippen molar-refractivity contribution >= 4 is 5.91 Å². The summed E-state index contributed by atoms with van der Waals surface area (Å²) in [6.07, 6.45) is 7.03. The molecule has 0 radical (unpaired) electrons. The van der Waals surface area contributed by atoms with Crippen LogP contribution in [0.25, 0.3) is 0 Å². The number of hydrogen-bond acceptors (Lipinski definition) is 3. The van der Waals surface area contributed by atoms with Crippen molar-refractivity contribution in [1.29, 1.82) is 0 Å². The van der Waals surface area contributed by atoms with Crippen molar-refractivity contribution in [3.05, 3.63) is 0 Å². The average Bonchev–Trinajstić information content (AvgIpc) is 2.42. The van der Waals surface area contributed by atoms with Gasteiger partial charge in [-0.05, 0) is 57.4 Å². The van der Waals surface area contributed by atoms with Crippen molar-refractivity contribution in [2.45, 2.75) is 44.9 Å². The molecular formula is C14H28N2O2. The van der Waals surface area contributed by atoms with E-state index in [2.05, 4.69) is 0 Å². The maximum absolute atomic E-state index is 12.2. The Balaban J connectivity index is 2.22. The molecule has 0 atom stereocenters. The van der Waals surface area contributed by atoms with Crippen molar-refractivity contribution < 1.29 is 9.90 Å². The van der Waals surface area contributed by atoms with Gasteiger partial charge in [0.2, 0.25) is 5.91 Å². The molecule has 1 fully saturated rings. The maximum Gasteiger partial charge on any atom is 0.225 e. The summed E-state index contributed by atoms with van der Waals surface area (Å²) in [4.78, 5) is 14.1. The van der Waals surface area contributed by atoms with Gasteiger partial charge in [0.05, 0.1) is 0 Å². The van der Waals surface area contributed by atoms with Crippen LogP contribution >= 0.6 is 0 Å². The fourth-order valence-electron chi connectivity index (χ4n) is 2.70. The molecule has 0 unspecified atom stereocenters. The number of aliphatic hydroxyl groups excluding tert-OH is 1. The Hall–Kier alpha value is -0.610. The van der Waals surface area contributed by atoms with Crippen molar-refractivity contribution in [2.75, 3.05) is 26.7 Å². The summed E-state index contributed by atoms with van der Waals surface area (Å²) in [6, 6.07) is 0. The van der Waals surface area contributed by atoms with Gasteiger partial charge in [0.15, 0.2) is 0 Å².